The summed E-state index contributed by atoms with van der Waals surface area (Å²) in [7, 11) is 1.18. The van der Waals surface area contributed by atoms with Gasteiger partial charge >= 0.3 is 12.1 Å². The molecule has 0 aliphatic carbocycles. The number of aromatic nitrogens is 2. The van der Waals surface area contributed by atoms with Crippen molar-refractivity contribution in [2.45, 2.75) is 45.3 Å². The zero-order valence-corrected chi connectivity index (χ0v) is 20.3. The summed E-state index contributed by atoms with van der Waals surface area (Å²) in [5.74, 6) is -1.42. The van der Waals surface area contributed by atoms with Gasteiger partial charge in [0, 0.05) is 32.0 Å². The molecule has 1 aliphatic rings. The summed E-state index contributed by atoms with van der Waals surface area (Å²) < 4.78 is 31.2. The van der Waals surface area contributed by atoms with Crippen LogP contribution in [-0.2, 0) is 9.47 Å². The molecule has 1 amide bonds. The highest BCUT2D eigenvalue weighted by Gasteiger charge is 2.29. The van der Waals surface area contributed by atoms with Crippen molar-refractivity contribution in [1.82, 2.24) is 14.7 Å². The van der Waals surface area contributed by atoms with Gasteiger partial charge in [-0.05, 0) is 48.8 Å². The first-order chi connectivity index (χ1) is 15.5. The van der Waals surface area contributed by atoms with Crippen LogP contribution >= 0.6 is 15.9 Å². The first-order valence-electron chi connectivity index (χ1n) is 10.3. The number of hydrogen-bond donors (Lipinski definition) is 0. The van der Waals surface area contributed by atoms with E-state index in [0.29, 0.717) is 25.9 Å². The van der Waals surface area contributed by atoms with Crippen molar-refractivity contribution in [2.24, 2.45) is 0 Å². The summed E-state index contributed by atoms with van der Waals surface area (Å²) in [4.78, 5) is 38.8. The van der Waals surface area contributed by atoms with Crippen LogP contribution in [0.5, 0.6) is 5.75 Å². The van der Waals surface area contributed by atoms with E-state index in [1.807, 2.05) is 0 Å². The van der Waals surface area contributed by atoms with E-state index in [2.05, 4.69) is 21.0 Å². The minimum atomic E-state index is -0.803. The predicted octanol–water partition coefficient (Wildman–Crippen LogP) is 3.70. The van der Waals surface area contributed by atoms with Gasteiger partial charge in [0.25, 0.3) is 5.56 Å². The summed E-state index contributed by atoms with van der Waals surface area (Å²) in [5.41, 5.74) is -1.27. The van der Waals surface area contributed by atoms with Crippen LogP contribution in [0.1, 0.15) is 44.1 Å². The summed E-state index contributed by atoms with van der Waals surface area (Å²) in [6, 6.07) is 5.15. The van der Waals surface area contributed by atoms with Crippen LogP contribution in [0.15, 0.2) is 33.5 Å². The van der Waals surface area contributed by atoms with E-state index in [0.717, 1.165) is 16.8 Å². The zero-order valence-electron chi connectivity index (χ0n) is 18.8. The van der Waals surface area contributed by atoms with Crippen LogP contribution in [0.25, 0.3) is 5.69 Å². The number of piperidine rings is 1. The van der Waals surface area contributed by atoms with Crippen molar-refractivity contribution in [2.75, 3.05) is 20.2 Å². The molecule has 0 saturated carbocycles. The number of rotatable bonds is 4. The van der Waals surface area contributed by atoms with E-state index >= 15 is 0 Å². The number of esters is 1. The van der Waals surface area contributed by atoms with Crippen LogP contribution in [-0.4, -0.2) is 58.6 Å². The molecule has 2 heterocycles. The fraction of sp³-hybridized carbons (Fsp3) is 0.455. The van der Waals surface area contributed by atoms with Gasteiger partial charge in [0.15, 0.2) is 5.75 Å². The molecular formula is C22H25BrFN3O6. The highest BCUT2D eigenvalue weighted by molar-refractivity contribution is 9.10. The molecule has 1 aromatic carbocycles. The van der Waals surface area contributed by atoms with Gasteiger partial charge in [0.1, 0.15) is 17.5 Å². The van der Waals surface area contributed by atoms with E-state index in [4.69, 9.17) is 14.2 Å². The quantitative estimate of drug-likeness (QED) is 0.561. The smallest absolute Gasteiger partial charge is 0.410 e. The van der Waals surface area contributed by atoms with Gasteiger partial charge in [0.05, 0.1) is 23.3 Å². The van der Waals surface area contributed by atoms with Crippen molar-refractivity contribution in [1.29, 1.82) is 0 Å². The van der Waals surface area contributed by atoms with Gasteiger partial charge in [-0.25, -0.2) is 14.0 Å². The number of amides is 1. The van der Waals surface area contributed by atoms with Crippen LogP contribution in [0, 0.1) is 5.82 Å². The Hall–Kier alpha value is -2.95. The van der Waals surface area contributed by atoms with E-state index in [1.165, 1.54) is 19.2 Å². The van der Waals surface area contributed by atoms with Crippen LogP contribution in [0.2, 0.25) is 0 Å². The average molecular weight is 526 g/mol. The standard InChI is InChI=1S/C22H25BrFN3O6/c1-22(2,3)33-21(30)26-9-7-14(8-10-26)32-17-12-18(28)27(25-19(17)20(29)31-4)13-5-6-15(23)16(24)11-13/h5-6,11-12,14H,7-10H2,1-4H3. The van der Waals surface area contributed by atoms with Gasteiger partial charge < -0.3 is 19.1 Å². The Morgan fingerprint density at radius 2 is 1.85 bits per heavy atom. The molecule has 33 heavy (non-hydrogen) atoms. The molecule has 1 saturated heterocycles. The molecule has 1 aliphatic heterocycles. The molecule has 2 aromatic rings. The van der Waals surface area contributed by atoms with Crippen molar-refractivity contribution < 1.29 is 28.2 Å². The number of hydrogen-bond acceptors (Lipinski definition) is 7. The van der Waals surface area contributed by atoms with Gasteiger partial charge in [-0.1, -0.05) is 0 Å². The molecule has 0 radical (unpaired) electrons. The molecule has 0 N–H and O–H groups in total. The maximum atomic E-state index is 13.9. The third-order valence-electron chi connectivity index (χ3n) is 4.81. The monoisotopic (exact) mass is 525 g/mol. The SMILES string of the molecule is COC(=O)c1nn(-c2ccc(Br)c(F)c2)c(=O)cc1OC1CCN(C(=O)OC(C)(C)C)CC1. The lowest BCUT2D eigenvalue weighted by atomic mass is 10.1. The van der Waals surface area contributed by atoms with E-state index < -0.39 is 29.0 Å². The molecule has 0 spiro atoms. The number of halogens is 2. The summed E-state index contributed by atoms with van der Waals surface area (Å²) >= 11 is 3.05. The van der Waals surface area contributed by atoms with Gasteiger partial charge in [-0.3, -0.25) is 4.79 Å². The van der Waals surface area contributed by atoms with Crippen LogP contribution in [0.3, 0.4) is 0 Å². The molecular weight excluding hydrogens is 501 g/mol. The average Bonchev–Trinajstić information content (AvgIpc) is 2.74. The van der Waals surface area contributed by atoms with Gasteiger partial charge in [0.2, 0.25) is 5.69 Å². The number of ether oxygens (including phenoxy) is 3. The summed E-state index contributed by atoms with van der Waals surface area (Å²) in [6.07, 6.45) is 0.193. The molecule has 0 bridgehead atoms. The Bertz CT molecular complexity index is 1110. The molecule has 3 rings (SSSR count). The molecule has 1 fully saturated rings. The number of nitrogens with zero attached hydrogens (tertiary/aromatic N) is 3. The fourth-order valence-corrected chi connectivity index (χ4v) is 3.48. The highest BCUT2D eigenvalue weighted by Crippen LogP contribution is 2.24. The second-order valence-corrected chi connectivity index (χ2v) is 9.34. The second-order valence-electron chi connectivity index (χ2n) is 8.48. The van der Waals surface area contributed by atoms with Crippen molar-refractivity contribution in [3.05, 3.63) is 50.6 Å². The topological polar surface area (TPSA) is 100.0 Å². The second kappa shape index (κ2) is 9.90. The van der Waals surface area contributed by atoms with E-state index in [9.17, 15) is 18.8 Å². The molecule has 0 unspecified atom stereocenters. The maximum Gasteiger partial charge on any atom is 0.410 e. The Kier molecular flexibility index (Phi) is 7.41. The lowest BCUT2D eigenvalue weighted by Gasteiger charge is -2.33. The highest BCUT2D eigenvalue weighted by atomic mass is 79.9. The van der Waals surface area contributed by atoms with Gasteiger partial charge in [-0.15, -0.1) is 0 Å². The largest absolute Gasteiger partial charge is 0.487 e. The zero-order chi connectivity index (χ0) is 24.3. The van der Waals surface area contributed by atoms with Crippen molar-refractivity contribution >= 4 is 28.0 Å². The van der Waals surface area contributed by atoms with Crippen LogP contribution in [0.4, 0.5) is 9.18 Å². The maximum absolute atomic E-state index is 13.9. The Morgan fingerprint density at radius 1 is 1.18 bits per heavy atom. The normalized spacial score (nSPS) is 14.7. The van der Waals surface area contributed by atoms with E-state index in [-0.39, 0.29) is 27.7 Å². The molecule has 0 atom stereocenters. The first kappa shape index (κ1) is 24.7. The van der Waals surface area contributed by atoms with Gasteiger partial charge in [-0.2, -0.15) is 9.78 Å². The summed E-state index contributed by atoms with van der Waals surface area (Å²) in [5, 5.41) is 4.07. The number of carbonyl (C=O) groups is 2. The van der Waals surface area contributed by atoms with Crippen LogP contribution < -0.4 is 10.3 Å². The number of likely N-dealkylation sites (tertiary alicyclic amines) is 1. The predicted molar refractivity (Wildman–Crippen MR) is 120 cm³/mol. The molecule has 11 heteroatoms. The third-order valence-corrected chi connectivity index (χ3v) is 5.45. The Balaban J connectivity index is 1.80. The van der Waals surface area contributed by atoms with E-state index in [1.54, 1.807) is 25.7 Å². The summed E-state index contributed by atoms with van der Waals surface area (Å²) in [6.45, 7) is 6.19. The lowest BCUT2D eigenvalue weighted by molar-refractivity contribution is 0.0125. The minimum absolute atomic E-state index is 0.0311. The third kappa shape index (κ3) is 6.10. The fourth-order valence-electron chi connectivity index (χ4n) is 3.23. The minimum Gasteiger partial charge on any atom is -0.487 e. The van der Waals surface area contributed by atoms with Crippen molar-refractivity contribution in [3.63, 3.8) is 0 Å². The molecule has 178 valence electrons. The first-order valence-corrected chi connectivity index (χ1v) is 11.1. The lowest BCUT2D eigenvalue weighted by Crippen LogP contribution is -2.44. The number of carbonyl (C=O) groups excluding carboxylic acids is 2. The molecule has 1 aromatic heterocycles. The number of methoxy groups -OCH3 is 1. The molecule has 9 nitrogen and oxygen atoms in total. The Labute approximate surface area is 198 Å². The number of benzene rings is 1. The Morgan fingerprint density at radius 3 is 2.42 bits per heavy atom. The van der Waals surface area contributed by atoms with Crippen molar-refractivity contribution in [3.8, 4) is 11.4 Å².